The van der Waals surface area contributed by atoms with Crippen molar-refractivity contribution in [3.63, 3.8) is 0 Å². The van der Waals surface area contributed by atoms with Gasteiger partial charge in [0, 0.05) is 17.5 Å². The van der Waals surface area contributed by atoms with Crippen molar-refractivity contribution in [2.45, 2.75) is 26.8 Å². The lowest BCUT2D eigenvalue weighted by Gasteiger charge is -2.21. The molecule has 0 aliphatic heterocycles. The molecule has 0 aliphatic rings. The minimum absolute atomic E-state index is 0.219. The number of fused-ring (bicyclic) bond motifs is 1. The van der Waals surface area contributed by atoms with Crippen LogP contribution in [0.5, 0.6) is 11.5 Å². The maximum Gasteiger partial charge on any atom is 0.336 e. The number of para-hydroxylation sites is 1. The van der Waals surface area contributed by atoms with Gasteiger partial charge in [0.25, 0.3) is 5.91 Å². The van der Waals surface area contributed by atoms with Crippen LogP contribution in [0.25, 0.3) is 11.0 Å². The second-order valence-corrected chi connectivity index (χ2v) is 7.00. The maximum atomic E-state index is 12.8. The molecule has 1 atom stereocenters. The van der Waals surface area contributed by atoms with Gasteiger partial charge in [0.2, 0.25) is 0 Å². The monoisotopic (exact) mass is 409 g/mol. The van der Waals surface area contributed by atoms with Crippen LogP contribution in [-0.4, -0.2) is 24.5 Å². The van der Waals surface area contributed by atoms with E-state index in [0.717, 1.165) is 0 Å². The Morgan fingerprint density at radius 1 is 1.07 bits per heavy atom. The Balaban J connectivity index is 1.78. The molecule has 0 fully saturated rings. The van der Waals surface area contributed by atoms with Crippen LogP contribution in [0.15, 0.2) is 63.8 Å². The fraction of sp³-hybridized carbons (Fsp3) is 0.261. The van der Waals surface area contributed by atoms with Crippen LogP contribution < -0.4 is 20.4 Å². The Hall–Kier alpha value is -3.61. The largest absolute Gasteiger partial charge is 0.493 e. The molecular formula is C23H23NO6. The van der Waals surface area contributed by atoms with E-state index in [1.54, 1.807) is 56.3 Å². The summed E-state index contributed by atoms with van der Waals surface area (Å²) in [5.74, 6) is -0.613. The smallest absolute Gasteiger partial charge is 0.336 e. The highest BCUT2D eigenvalue weighted by Crippen LogP contribution is 2.21. The van der Waals surface area contributed by atoms with E-state index < -0.39 is 23.5 Å². The zero-order valence-electron chi connectivity index (χ0n) is 17.0. The Morgan fingerprint density at radius 2 is 1.80 bits per heavy atom. The van der Waals surface area contributed by atoms with E-state index in [-0.39, 0.29) is 11.7 Å². The quantitative estimate of drug-likeness (QED) is 0.364. The van der Waals surface area contributed by atoms with Crippen molar-refractivity contribution in [2.75, 3.05) is 6.61 Å². The summed E-state index contributed by atoms with van der Waals surface area (Å²) in [6.07, 6.45) is 0. The standard InChI is InChI=1S/C23H23NO6/c1-4-28-18-8-6-5-7-17(18)22(26)24-21(14(2)3)23(27)29-16-11-9-15-10-12-20(25)30-19(15)13-16/h5-14,21H,4H2,1-3H3,(H,24,26)/t21-/m0/s1. The summed E-state index contributed by atoms with van der Waals surface area (Å²) in [6.45, 7) is 5.85. The fourth-order valence-corrected chi connectivity index (χ4v) is 2.94. The Labute approximate surface area is 173 Å². The number of carbonyl (C=O) groups is 2. The number of amides is 1. The van der Waals surface area contributed by atoms with Crippen molar-refractivity contribution in [3.05, 3.63) is 70.6 Å². The average Bonchev–Trinajstić information content (AvgIpc) is 2.71. The van der Waals surface area contributed by atoms with Crippen LogP contribution in [-0.2, 0) is 4.79 Å². The van der Waals surface area contributed by atoms with E-state index in [4.69, 9.17) is 13.9 Å². The van der Waals surface area contributed by atoms with Gasteiger partial charge in [-0.25, -0.2) is 9.59 Å². The van der Waals surface area contributed by atoms with Gasteiger partial charge in [0.1, 0.15) is 23.1 Å². The molecule has 1 amide bonds. The number of rotatable bonds is 7. The third kappa shape index (κ3) is 4.86. The SMILES string of the molecule is CCOc1ccccc1C(=O)N[C@H](C(=O)Oc1ccc2ccc(=O)oc2c1)C(C)C. The molecule has 3 rings (SSSR count). The number of ether oxygens (including phenoxy) is 2. The van der Waals surface area contributed by atoms with E-state index in [1.807, 2.05) is 6.92 Å². The Morgan fingerprint density at radius 3 is 2.53 bits per heavy atom. The molecule has 0 unspecified atom stereocenters. The van der Waals surface area contributed by atoms with Gasteiger partial charge in [-0.05, 0) is 43.2 Å². The number of hydrogen-bond acceptors (Lipinski definition) is 6. The molecule has 3 aromatic rings. The van der Waals surface area contributed by atoms with Crippen molar-refractivity contribution < 1.29 is 23.5 Å². The van der Waals surface area contributed by atoms with E-state index in [2.05, 4.69) is 5.32 Å². The topological polar surface area (TPSA) is 94.8 Å². The second kappa shape index (κ2) is 9.26. The average molecular weight is 409 g/mol. The Bertz CT molecular complexity index is 1120. The number of benzene rings is 2. The number of nitrogens with one attached hydrogen (secondary N) is 1. The van der Waals surface area contributed by atoms with Crippen LogP contribution in [0, 0.1) is 5.92 Å². The van der Waals surface area contributed by atoms with Crippen molar-refractivity contribution in [1.29, 1.82) is 0 Å². The minimum atomic E-state index is -0.884. The number of esters is 1. The summed E-state index contributed by atoms with van der Waals surface area (Å²) in [4.78, 5) is 37.0. The molecule has 1 aromatic heterocycles. The normalized spacial score (nSPS) is 11.9. The molecular weight excluding hydrogens is 386 g/mol. The first kappa shape index (κ1) is 21.1. The molecule has 7 nitrogen and oxygen atoms in total. The second-order valence-electron chi connectivity index (χ2n) is 7.00. The lowest BCUT2D eigenvalue weighted by molar-refractivity contribution is -0.137. The molecule has 0 saturated carbocycles. The maximum absolute atomic E-state index is 12.8. The summed E-state index contributed by atoms with van der Waals surface area (Å²) >= 11 is 0. The van der Waals surface area contributed by atoms with Gasteiger partial charge in [-0.2, -0.15) is 0 Å². The van der Waals surface area contributed by atoms with Gasteiger partial charge in [-0.3, -0.25) is 4.79 Å². The molecule has 0 bridgehead atoms. The number of carbonyl (C=O) groups excluding carboxylic acids is 2. The predicted molar refractivity (Wildman–Crippen MR) is 112 cm³/mol. The highest BCUT2D eigenvalue weighted by Gasteiger charge is 2.27. The third-order valence-electron chi connectivity index (χ3n) is 4.45. The first-order chi connectivity index (χ1) is 14.4. The summed E-state index contributed by atoms with van der Waals surface area (Å²) in [7, 11) is 0. The lowest BCUT2D eigenvalue weighted by Crippen LogP contribution is -2.46. The van der Waals surface area contributed by atoms with Gasteiger partial charge < -0.3 is 19.2 Å². The highest BCUT2D eigenvalue weighted by molar-refractivity contribution is 5.99. The van der Waals surface area contributed by atoms with Crippen LogP contribution in [0.4, 0.5) is 0 Å². The van der Waals surface area contributed by atoms with Crippen molar-refractivity contribution in [3.8, 4) is 11.5 Å². The van der Waals surface area contributed by atoms with Gasteiger partial charge in [0.05, 0.1) is 12.2 Å². The summed E-state index contributed by atoms with van der Waals surface area (Å²) in [5, 5.41) is 3.44. The van der Waals surface area contributed by atoms with Crippen molar-refractivity contribution in [1.82, 2.24) is 5.32 Å². The van der Waals surface area contributed by atoms with E-state index >= 15 is 0 Å². The summed E-state index contributed by atoms with van der Waals surface area (Å²) in [5.41, 5.74) is 0.153. The van der Waals surface area contributed by atoms with Crippen molar-refractivity contribution in [2.24, 2.45) is 5.92 Å². The minimum Gasteiger partial charge on any atom is -0.493 e. The molecule has 1 heterocycles. The third-order valence-corrected chi connectivity index (χ3v) is 4.45. The van der Waals surface area contributed by atoms with Gasteiger partial charge in [-0.1, -0.05) is 26.0 Å². The zero-order valence-corrected chi connectivity index (χ0v) is 17.0. The molecule has 0 saturated heterocycles. The van der Waals surface area contributed by atoms with Crippen LogP contribution in [0.1, 0.15) is 31.1 Å². The highest BCUT2D eigenvalue weighted by atomic mass is 16.5. The van der Waals surface area contributed by atoms with Gasteiger partial charge >= 0.3 is 11.6 Å². The number of hydrogen-bond donors (Lipinski definition) is 1. The molecule has 1 N–H and O–H groups in total. The first-order valence-electron chi connectivity index (χ1n) is 9.67. The molecule has 30 heavy (non-hydrogen) atoms. The van der Waals surface area contributed by atoms with Crippen LogP contribution >= 0.6 is 0 Å². The van der Waals surface area contributed by atoms with Gasteiger partial charge in [0.15, 0.2) is 0 Å². The lowest BCUT2D eigenvalue weighted by atomic mass is 10.0. The molecule has 0 aliphatic carbocycles. The molecule has 0 radical (unpaired) electrons. The molecule has 0 spiro atoms. The Kier molecular flexibility index (Phi) is 6.51. The fourth-order valence-electron chi connectivity index (χ4n) is 2.94. The van der Waals surface area contributed by atoms with Crippen LogP contribution in [0.3, 0.4) is 0 Å². The zero-order chi connectivity index (χ0) is 21.7. The molecule has 156 valence electrons. The predicted octanol–water partition coefficient (Wildman–Crippen LogP) is 3.55. The van der Waals surface area contributed by atoms with E-state index in [1.165, 1.54) is 12.1 Å². The van der Waals surface area contributed by atoms with Gasteiger partial charge in [-0.15, -0.1) is 0 Å². The van der Waals surface area contributed by atoms with E-state index in [0.29, 0.717) is 28.9 Å². The first-order valence-corrected chi connectivity index (χ1v) is 9.67. The van der Waals surface area contributed by atoms with Crippen molar-refractivity contribution >= 4 is 22.8 Å². The van der Waals surface area contributed by atoms with Crippen LogP contribution in [0.2, 0.25) is 0 Å². The molecule has 7 heteroatoms. The van der Waals surface area contributed by atoms with E-state index in [9.17, 15) is 14.4 Å². The summed E-state index contributed by atoms with van der Waals surface area (Å²) < 4.78 is 16.1. The molecule has 2 aromatic carbocycles. The summed E-state index contributed by atoms with van der Waals surface area (Å²) in [6, 6.07) is 13.6.